The summed E-state index contributed by atoms with van der Waals surface area (Å²) in [5.41, 5.74) is 0.853. The third-order valence-corrected chi connectivity index (χ3v) is 4.27. The first-order valence-corrected chi connectivity index (χ1v) is 7.82. The van der Waals surface area contributed by atoms with Gasteiger partial charge in [-0.05, 0) is 63.4 Å². The number of nitrogens with one attached hydrogen (secondary N) is 1. The molecule has 1 aromatic rings. The summed E-state index contributed by atoms with van der Waals surface area (Å²) < 4.78 is 13.9. The van der Waals surface area contributed by atoms with Crippen LogP contribution in [-0.4, -0.2) is 30.6 Å². The molecular weight excluding hydrogens is 265 g/mol. The van der Waals surface area contributed by atoms with Crippen molar-refractivity contribution in [3.8, 4) is 6.07 Å². The Balaban J connectivity index is 1.97. The molecule has 2 atom stereocenters. The molecule has 1 heterocycles. The predicted molar refractivity (Wildman–Crippen MR) is 83.7 cm³/mol. The minimum Gasteiger partial charge on any atom is -0.380 e. The third kappa shape index (κ3) is 4.18. The lowest BCUT2D eigenvalue weighted by Crippen LogP contribution is -2.42. The summed E-state index contributed by atoms with van der Waals surface area (Å²) in [6.07, 6.45) is 3.58. The van der Waals surface area contributed by atoms with Crippen molar-refractivity contribution in [2.45, 2.75) is 39.2 Å². The van der Waals surface area contributed by atoms with Crippen LogP contribution in [0.2, 0.25) is 0 Å². The number of hydrogen-bond acceptors (Lipinski definition) is 3. The number of halogens is 1. The van der Waals surface area contributed by atoms with Gasteiger partial charge in [-0.25, -0.2) is 4.39 Å². The van der Waals surface area contributed by atoms with Gasteiger partial charge in [0.2, 0.25) is 0 Å². The first-order valence-electron chi connectivity index (χ1n) is 7.82. The number of anilines is 1. The highest BCUT2D eigenvalue weighted by atomic mass is 19.1. The standard InChI is InChI=1S/C17H24FN3/c1-3-8-21-9-4-5-15(12-21)13(2)20-17-7-6-14(11-19)10-16(17)18/h6-7,10,13,15,20H,3-5,8-9,12H2,1-2H3. The molecule has 114 valence electrons. The predicted octanol–water partition coefficient (Wildman–Crippen LogP) is 3.62. The highest BCUT2D eigenvalue weighted by molar-refractivity contribution is 5.49. The summed E-state index contributed by atoms with van der Waals surface area (Å²) in [4.78, 5) is 2.50. The first-order chi connectivity index (χ1) is 10.1. The van der Waals surface area contributed by atoms with Crippen LogP contribution in [-0.2, 0) is 0 Å². The zero-order valence-corrected chi connectivity index (χ0v) is 12.9. The number of nitrogens with zero attached hydrogens (tertiary/aromatic N) is 2. The molecule has 1 fully saturated rings. The molecule has 0 spiro atoms. The van der Waals surface area contributed by atoms with E-state index in [0.717, 1.165) is 13.1 Å². The zero-order valence-electron chi connectivity index (χ0n) is 12.9. The van der Waals surface area contributed by atoms with Crippen LogP contribution < -0.4 is 5.32 Å². The molecule has 0 saturated carbocycles. The first kappa shape index (κ1) is 15.8. The van der Waals surface area contributed by atoms with Gasteiger partial charge in [0.25, 0.3) is 0 Å². The van der Waals surface area contributed by atoms with Crippen molar-refractivity contribution in [2.75, 3.05) is 25.0 Å². The zero-order chi connectivity index (χ0) is 15.2. The molecule has 0 aromatic heterocycles. The van der Waals surface area contributed by atoms with Crippen LogP contribution in [0.15, 0.2) is 18.2 Å². The largest absolute Gasteiger partial charge is 0.380 e. The van der Waals surface area contributed by atoms with Crippen molar-refractivity contribution >= 4 is 5.69 Å². The van der Waals surface area contributed by atoms with E-state index >= 15 is 0 Å². The van der Waals surface area contributed by atoms with Crippen LogP contribution in [0.4, 0.5) is 10.1 Å². The molecule has 2 rings (SSSR count). The maximum Gasteiger partial charge on any atom is 0.147 e. The van der Waals surface area contributed by atoms with E-state index in [0.29, 0.717) is 17.2 Å². The molecule has 0 aliphatic carbocycles. The lowest BCUT2D eigenvalue weighted by atomic mass is 9.91. The topological polar surface area (TPSA) is 39.1 Å². The van der Waals surface area contributed by atoms with Crippen molar-refractivity contribution < 1.29 is 4.39 Å². The second kappa shape index (κ2) is 7.42. The Kier molecular flexibility index (Phi) is 5.58. The number of hydrogen-bond donors (Lipinski definition) is 1. The normalized spacial score (nSPS) is 20.8. The number of rotatable bonds is 5. The molecule has 2 unspecified atom stereocenters. The fourth-order valence-electron chi connectivity index (χ4n) is 3.08. The Hall–Kier alpha value is -1.60. The molecule has 1 aromatic carbocycles. The Morgan fingerprint density at radius 1 is 1.52 bits per heavy atom. The lowest BCUT2D eigenvalue weighted by Gasteiger charge is -2.36. The van der Waals surface area contributed by atoms with Gasteiger partial charge in [-0.2, -0.15) is 5.26 Å². The smallest absolute Gasteiger partial charge is 0.147 e. The third-order valence-electron chi connectivity index (χ3n) is 4.27. The number of benzene rings is 1. The molecule has 1 N–H and O–H groups in total. The quantitative estimate of drug-likeness (QED) is 0.900. The SMILES string of the molecule is CCCN1CCCC(C(C)Nc2ccc(C#N)cc2F)C1. The van der Waals surface area contributed by atoms with E-state index in [2.05, 4.69) is 24.1 Å². The summed E-state index contributed by atoms with van der Waals surface area (Å²) in [5.74, 6) is 0.197. The maximum atomic E-state index is 13.9. The van der Waals surface area contributed by atoms with E-state index < -0.39 is 0 Å². The van der Waals surface area contributed by atoms with Crippen LogP contribution in [0, 0.1) is 23.1 Å². The maximum absolute atomic E-state index is 13.9. The number of nitriles is 1. The van der Waals surface area contributed by atoms with Crippen LogP contribution in [0.25, 0.3) is 0 Å². The molecule has 1 aliphatic heterocycles. The monoisotopic (exact) mass is 289 g/mol. The molecule has 1 saturated heterocycles. The molecule has 0 radical (unpaired) electrons. The van der Waals surface area contributed by atoms with E-state index in [9.17, 15) is 4.39 Å². The summed E-state index contributed by atoms with van der Waals surface area (Å²) in [5, 5.41) is 12.1. The van der Waals surface area contributed by atoms with E-state index in [1.807, 2.05) is 6.07 Å². The van der Waals surface area contributed by atoms with Crippen LogP contribution in [0.1, 0.15) is 38.7 Å². The second-order valence-electron chi connectivity index (χ2n) is 5.94. The van der Waals surface area contributed by atoms with Crippen molar-refractivity contribution in [1.82, 2.24) is 4.90 Å². The molecule has 0 amide bonds. The summed E-state index contributed by atoms with van der Waals surface area (Å²) in [7, 11) is 0. The van der Waals surface area contributed by atoms with Gasteiger partial charge in [-0.3, -0.25) is 0 Å². The Morgan fingerprint density at radius 2 is 2.33 bits per heavy atom. The van der Waals surface area contributed by atoms with E-state index in [4.69, 9.17) is 5.26 Å². The van der Waals surface area contributed by atoms with Crippen molar-refractivity contribution in [3.05, 3.63) is 29.6 Å². The Morgan fingerprint density at radius 3 is 3.00 bits per heavy atom. The fraction of sp³-hybridized carbons (Fsp3) is 0.588. The highest BCUT2D eigenvalue weighted by Gasteiger charge is 2.24. The van der Waals surface area contributed by atoms with Gasteiger partial charge in [0, 0.05) is 12.6 Å². The highest BCUT2D eigenvalue weighted by Crippen LogP contribution is 2.24. The van der Waals surface area contributed by atoms with Crippen molar-refractivity contribution in [3.63, 3.8) is 0 Å². The Labute approximate surface area is 126 Å². The summed E-state index contributed by atoms with van der Waals surface area (Å²) in [6.45, 7) is 7.74. The molecular formula is C17H24FN3. The van der Waals surface area contributed by atoms with Crippen LogP contribution in [0.3, 0.4) is 0 Å². The Bertz CT molecular complexity index is 507. The van der Waals surface area contributed by atoms with E-state index in [-0.39, 0.29) is 11.9 Å². The molecule has 3 nitrogen and oxygen atoms in total. The van der Waals surface area contributed by atoms with Gasteiger partial charge >= 0.3 is 0 Å². The van der Waals surface area contributed by atoms with Crippen molar-refractivity contribution in [1.29, 1.82) is 5.26 Å². The van der Waals surface area contributed by atoms with Gasteiger partial charge in [0.05, 0.1) is 17.3 Å². The fourth-order valence-corrected chi connectivity index (χ4v) is 3.08. The number of likely N-dealkylation sites (tertiary alicyclic amines) is 1. The van der Waals surface area contributed by atoms with Crippen molar-refractivity contribution in [2.24, 2.45) is 5.92 Å². The van der Waals surface area contributed by atoms with Gasteiger partial charge in [0.15, 0.2) is 0 Å². The molecule has 1 aliphatic rings. The van der Waals surface area contributed by atoms with Gasteiger partial charge in [-0.1, -0.05) is 6.92 Å². The lowest BCUT2D eigenvalue weighted by molar-refractivity contribution is 0.165. The van der Waals surface area contributed by atoms with Gasteiger partial charge in [0.1, 0.15) is 5.82 Å². The molecule has 4 heteroatoms. The minimum absolute atomic E-state index is 0.229. The molecule has 21 heavy (non-hydrogen) atoms. The molecule has 0 bridgehead atoms. The van der Waals surface area contributed by atoms with Crippen LogP contribution in [0.5, 0.6) is 0 Å². The summed E-state index contributed by atoms with van der Waals surface area (Å²) in [6, 6.07) is 6.80. The van der Waals surface area contributed by atoms with E-state index in [1.54, 1.807) is 12.1 Å². The second-order valence-corrected chi connectivity index (χ2v) is 5.94. The van der Waals surface area contributed by atoms with Crippen LogP contribution >= 0.6 is 0 Å². The average molecular weight is 289 g/mol. The van der Waals surface area contributed by atoms with Gasteiger partial charge in [-0.15, -0.1) is 0 Å². The summed E-state index contributed by atoms with van der Waals surface area (Å²) >= 11 is 0. The minimum atomic E-state index is -0.345. The average Bonchev–Trinajstić information content (AvgIpc) is 2.50. The van der Waals surface area contributed by atoms with Gasteiger partial charge < -0.3 is 10.2 Å². The van der Waals surface area contributed by atoms with E-state index in [1.165, 1.54) is 31.9 Å². The number of piperidine rings is 1.